The second-order valence-corrected chi connectivity index (χ2v) is 5.69. The summed E-state index contributed by atoms with van der Waals surface area (Å²) in [6.45, 7) is 7.16. The van der Waals surface area contributed by atoms with Gasteiger partial charge in [0.2, 0.25) is 0 Å². The highest BCUT2D eigenvalue weighted by Gasteiger charge is 2.21. The molecule has 0 amide bonds. The van der Waals surface area contributed by atoms with Crippen LogP contribution in [0.15, 0.2) is 12.1 Å². The van der Waals surface area contributed by atoms with Gasteiger partial charge in [0.25, 0.3) is 0 Å². The number of piperazine rings is 1. The Kier molecular flexibility index (Phi) is 3.93. The zero-order valence-corrected chi connectivity index (χ0v) is 11.9. The SMILES string of the molecule is CC1CN(Cc2cc(Cl)cc3c2OCOC3)CCN1. The molecule has 104 valence electrons. The summed E-state index contributed by atoms with van der Waals surface area (Å²) in [5.74, 6) is 0.960. The summed E-state index contributed by atoms with van der Waals surface area (Å²) in [6.07, 6.45) is 0. The van der Waals surface area contributed by atoms with Crippen LogP contribution < -0.4 is 10.1 Å². The van der Waals surface area contributed by atoms with Gasteiger partial charge in [0.1, 0.15) is 5.75 Å². The van der Waals surface area contributed by atoms with Crippen LogP contribution >= 0.6 is 11.6 Å². The number of halogens is 1. The van der Waals surface area contributed by atoms with Crippen molar-refractivity contribution in [3.05, 3.63) is 28.3 Å². The van der Waals surface area contributed by atoms with Crippen molar-refractivity contribution >= 4 is 11.6 Å². The van der Waals surface area contributed by atoms with Crippen LogP contribution in [0, 0.1) is 0 Å². The van der Waals surface area contributed by atoms with Crippen LogP contribution in [0.4, 0.5) is 0 Å². The van der Waals surface area contributed by atoms with Crippen LogP contribution in [-0.2, 0) is 17.9 Å². The van der Waals surface area contributed by atoms with Gasteiger partial charge in [-0.3, -0.25) is 4.90 Å². The second kappa shape index (κ2) is 5.67. The van der Waals surface area contributed by atoms with Crippen molar-refractivity contribution < 1.29 is 9.47 Å². The normalized spacial score (nSPS) is 23.8. The highest BCUT2D eigenvalue weighted by molar-refractivity contribution is 6.30. The molecule has 5 heteroatoms. The Morgan fingerprint density at radius 3 is 3.21 bits per heavy atom. The summed E-state index contributed by atoms with van der Waals surface area (Å²) in [7, 11) is 0. The molecule has 1 fully saturated rings. The molecule has 1 atom stereocenters. The molecule has 2 heterocycles. The Morgan fingerprint density at radius 1 is 1.47 bits per heavy atom. The Bertz CT molecular complexity index is 467. The highest BCUT2D eigenvalue weighted by atomic mass is 35.5. The van der Waals surface area contributed by atoms with Crippen molar-refractivity contribution in [2.75, 3.05) is 26.4 Å². The molecule has 2 aliphatic rings. The monoisotopic (exact) mass is 282 g/mol. The number of ether oxygens (including phenoxy) is 2. The van der Waals surface area contributed by atoms with Gasteiger partial charge in [0, 0.05) is 48.4 Å². The quantitative estimate of drug-likeness (QED) is 0.900. The first-order valence-electron chi connectivity index (χ1n) is 6.70. The van der Waals surface area contributed by atoms with Gasteiger partial charge >= 0.3 is 0 Å². The van der Waals surface area contributed by atoms with Crippen molar-refractivity contribution in [1.29, 1.82) is 0 Å². The fourth-order valence-electron chi connectivity index (χ4n) is 2.77. The van der Waals surface area contributed by atoms with Crippen molar-refractivity contribution in [2.45, 2.75) is 26.1 Å². The lowest BCUT2D eigenvalue weighted by Gasteiger charge is -2.32. The Balaban J connectivity index is 1.81. The third-order valence-corrected chi connectivity index (χ3v) is 3.82. The van der Waals surface area contributed by atoms with E-state index in [0.717, 1.165) is 42.5 Å². The largest absolute Gasteiger partial charge is 0.467 e. The predicted molar refractivity (Wildman–Crippen MR) is 74.5 cm³/mol. The molecule has 4 nitrogen and oxygen atoms in total. The zero-order valence-electron chi connectivity index (χ0n) is 11.1. The van der Waals surface area contributed by atoms with E-state index < -0.39 is 0 Å². The summed E-state index contributed by atoms with van der Waals surface area (Å²) in [6, 6.07) is 4.48. The summed E-state index contributed by atoms with van der Waals surface area (Å²) in [5, 5.41) is 4.21. The van der Waals surface area contributed by atoms with Crippen LogP contribution in [0.3, 0.4) is 0 Å². The standard InChI is InChI=1S/C14H19ClN2O2/c1-10-6-17(3-2-16-10)7-11-4-13(15)5-12-8-18-9-19-14(11)12/h4-5,10,16H,2-3,6-9H2,1H3. The van der Waals surface area contributed by atoms with Crippen LogP contribution in [0.5, 0.6) is 5.75 Å². The first-order chi connectivity index (χ1) is 9.22. The molecule has 19 heavy (non-hydrogen) atoms. The summed E-state index contributed by atoms with van der Waals surface area (Å²) < 4.78 is 11.0. The number of benzene rings is 1. The summed E-state index contributed by atoms with van der Waals surface area (Å²) in [5.41, 5.74) is 2.22. The van der Waals surface area contributed by atoms with E-state index in [9.17, 15) is 0 Å². The molecule has 2 aliphatic heterocycles. The maximum Gasteiger partial charge on any atom is 0.189 e. The molecule has 0 saturated carbocycles. The van der Waals surface area contributed by atoms with Gasteiger partial charge in [-0.1, -0.05) is 11.6 Å². The maximum atomic E-state index is 6.19. The number of nitrogens with zero attached hydrogens (tertiary/aromatic N) is 1. The molecule has 3 rings (SSSR count). The molecule has 0 spiro atoms. The molecule has 0 radical (unpaired) electrons. The highest BCUT2D eigenvalue weighted by Crippen LogP contribution is 2.32. The molecule has 1 aromatic rings. The van der Waals surface area contributed by atoms with Gasteiger partial charge in [-0.15, -0.1) is 0 Å². The minimum absolute atomic E-state index is 0.333. The first kappa shape index (κ1) is 13.2. The van der Waals surface area contributed by atoms with E-state index in [4.69, 9.17) is 21.1 Å². The average Bonchev–Trinajstić information content (AvgIpc) is 2.38. The topological polar surface area (TPSA) is 33.7 Å². The van der Waals surface area contributed by atoms with Crippen molar-refractivity contribution in [1.82, 2.24) is 10.2 Å². The molecule has 0 aromatic heterocycles. The lowest BCUT2D eigenvalue weighted by Crippen LogP contribution is -2.48. The summed E-state index contributed by atoms with van der Waals surface area (Å²) >= 11 is 6.19. The molecule has 0 aliphatic carbocycles. The fraction of sp³-hybridized carbons (Fsp3) is 0.571. The number of hydrogen-bond acceptors (Lipinski definition) is 4. The van der Waals surface area contributed by atoms with E-state index in [1.54, 1.807) is 0 Å². The van der Waals surface area contributed by atoms with E-state index in [0.29, 0.717) is 19.4 Å². The Morgan fingerprint density at radius 2 is 2.37 bits per heavy atom. The minimum atomic E-state index is 0.333. The van der Waals surface area contributed by atoms with Gasteiger partial charge in [0.15, 0.2) is 6.79 Å². The molecule has 1 N–H and O–H groups in total. The predicted octanol–water partition coefficient (Wildman–Crippen LogP) is 2.00. The number of fused-ring (bicyclic) bond motifs is 1. The number of hydrogen-bond donors (Lipinski definition) is 1. The number of nitrogens with one attached hydrogen (secondary N) is 1. The Hall–Kier alpha value is -0.810. The van der Waals surface area contributed by atoms with Crippen LogP contribution in [-0.4, -0.2) is 37.4 Å². The van der Waals surface area contributed by atoms with Crippen LogP contribution in [0.25, 0.3) is 0 Å². The minimum Gasteiger partial charge on any atom is -0.467 e. The maximum absolute atomic E-state index is 6.19. The fourth-order valence-corrected chi connectivity index (χ4v) is 3.03. The van der Waals surface area contributed by atoms with Crippen molar-refractivity contribution in [2.24, 2.45) is 0 Å². The zero-order chi connectivity index (χ0) is 13.2. The van der Waals surface area contributed by atoms with Gasteiger partial charge in [0.05, 0.1) is 6.61 Å². The summed E-state index contributed by atoms with van der Waals surface area (Å²) in [4.78, 5) is 2.44. The van der Waals surface area contributed by atoms with Gasteiger partial charge < -0.3 is 14.8 Å². The molecular weight excluding hydrogens is 264 g/mol. The van der Waals surface area contributed by atoms with Gasteiger partial charge in [-0.2, -0.15) is 0 Å². The van der Waals surface area contributed by atoms with Crippen LogP contribution in [0.2, 0.25) is 5.02 Å². The molecule has 0 bridgehead atoms. The van der Waals surface area contributed by atoms with Gasteiger partial charge in [-0.25, -0.2) is 0 Å². The lowest BCUT2D eigenvalue weighted by molar-refractivity contribution is -0.0175. The van der Waals surface area contributed by atoms with E-state index in [1.165, 1.54) is 5.56 Å². The van der Waals surface area contributed by atoms with E-state index in [2.05, 4.69) is 17.1 Å². The second-order valence-electron chi connectivity index (χ2n) is 5.25. The van der Waals surface area contributed by atoms with E-state index >= 15 is 0 Å². The van der Waals surface area contributed by atoms with Crippen molar-refractivity contribution in [3.63, 3.8) is 0 Å². The van der Waals surface area contributed by atoms with E-state index in [1.807, 2.05) is 12.1 Å². The number of rotatable bonds is 2. The van der Waals surface area contributed by atoms with Crippen LogP contribution in [0.1, 0.15) is 18.1 Å². The molecule has 1 saturated heterocycles. The van der Waals surface area contributed by atoms with Gasteiger partial charge in [-0.05, 0) is 19.1 Å². The third kappa shape index (κ3) is 3.03. The molecule has 1 unspecified atom stereocenters. The van der Waals surface area contributed by atoms with Crippen molar-refractivity contribution in [3.8, 4) is 5.75 Å². The third-order valence-electron chi connectivity index (χ3n) is 3.60. The average molecular weight is 283 g/mol. The first-order valence-corrected chi connectivity index (χ1v) is 7.08. The molecular formula is C14H19ClN2O2. The smallest absolute Gasteiger partial charge is 0.189 e. The lowest BCUT2D eigenvalue weighted by atomic mass is 10.1. The van der Waals surface area contributed by atoms with E-state index in [-0.39, 0.29) is 0 Å². The molecule has 1 aromatic carbocycles. The Labute approximate surface area is 118 Å².